The van der Waals surface area contributed by atoms with Crippen molar-refractivity contribution in [1.29, 1.82) is 0 Å². The van der Waals surface area contributed by atoms with E-state index in [4.69, 9.17) is 0 Å². The number of halogens is 1. The van der Waals surface area contributed by atoms with E-state index >= 15 is 0 Å². The fourth-order valence-corrected chi connectivity index (χ4v) is 3.35. The van der Waals surface area contributed by atoms with E-state index in [2.05, 4.69) is 44.4 Å². The standard InChI is InChI=1S/C19H18BrN3O3/c20-17-12-16(23(25)26)6-7-18(17)21-19(24)13-22-10-8-15(9-11-22)14-4-2-1-3-5-14/h1-8,12H,9-11,13H2,(H,21,24). The Morgan fingerprint density at radius 1 is 1.23 bits per heavy atom. The minimum Gasteiger partial charge on any atom is -0.324 e. The maximum Gasteiger partial charge on any atom is 0.270 e. The third kappa shape index (κ3) is 4.56. The van der Waals surface area contributed by atoms with Crippen LogP contribution in [0.15, 0.2) is 59.1 Å². The van der Waals surface area contributed by atoms with Crippen LogP contribution in [-0.2, 0) is 4.79 Å². The Labute approximate surface area is 159 Å². The van der Waals surface area contributed by atoms with Gasteiger partial charge in [-0.2, -0.15) is 0 Å². The number of nitrogens with zero attached hydrogens (tertiary/aromatic N) is 2. The molecule has 0 spiro atoms. The first-order valence-corrected chi connectivity index (χ1v) is 9.03. The number of anilines is 1. The molecule has 0 atom stereocenters. The van der Waals surface area contributed by atoms with Gasteiger partial charge in [0.05, 0.1) is 17.2 Å². The second-order valence-electron chi connectivity index (χ2n) is 6.05. The van der Waals surface area contributed by atoms with Crippen molar-refractivity contribution in [2.24, 2.45) is 0 Å². The van der Waals surface area contributed by atoms with Gasteiger partial charge in [0.15, 0.2) is 0 Å². The number of non-ortho nitro benzene ring substituents is 1. The predicted octanol–water partition coefficient (Wildman–Crippen LogP) is 4.09. The van der Waals surface area contributed by atoms with Crippen molar-refractivity contribution in [3.05, 3.63) is 74.8 Å². The van der Waals surface area contributed by atoms with Crippen LogP contribution in [0, 0.1) is 10.1 Å². The van der Waals surface area contributed by atoms with Gasteiger partial charge in [0.25, 0.3) is 5.69 Å². The quantitative estimate of drug-likeness (QED) is 0.589. The fourth-order valence-electron chi connectivity index (χ4n) is 2.88. The van der Waals surface area contributed by atoms with Crippen LogP contribution < -0.4 is 5.32 Å². The van der Waals surface area contributed by atoms with Gasteiger partial charge in [-0.15, -0.1) is 0 Å². The number of amides is 1. The number of nitro benzene ring substituents is 1. The summed E-state index contributed by atoms with van der Waals surface area (Å²) in [6.45, 7) is 1.82. The SMILES string of the molecule is O=C(CN1CC=C(c2ccccc2)CC1)Nc1ccc([N+](=O)[O-])cc1Br. The summed E-state index contributed by atoms with van der Waals surface area (Å²) in [5, 5.41) is 13.6. The molecule has 1 N–H and O–H groups in total. The van der Waals surface area contributed by atoms with Gasteiger partial charge in [-0.05, 0) is 39.6 Å². The molecule has 0 radical (unpaired) electrons. The average Bonchev–Trinajstić information content (AvgIpc) is 2.64. The Kier molecular flexibility index (Phi) is 5.80. The molecule has 1 aliphatic rings. The summed E-state index contributed by atoms with van der Waals surface area (Å²) in [6.07, 6.45) is 3.06. The van der Waals surface area contributed by atoms with E-state index in [1.54, 1.807) is 0 Å². The minimum absolute atomic E-state index is 0.0236. The summed E-state index contributed by atoms with van der Waals surface area (Å²) in [5.74, 6) is -0.142. The summed E-state index contributed by atoms with van der Waals surface area (Å²) in [4.78, 5) is 24.6. The van der Waals surface area contributed by atoms with Gasteiger partial charge >= 0.3 is 0 Å². The fraction of sp³-hybridized carbons (Fsp3) is 0.211. The lowest BCUT2D eigenvalue weighted by atomic mass is 10.00. The van der Waals surface area contributed by atoms with Crippen molar-refractivity contribution in [2.45, 2.75) is 6.42 Å². The van der Waals surface area contributed by atoms with Gasteiger partial charge in [0.2, 0.25) is 5.91 Å². The van der Waals surface area contributed by atoms with Gasteiger partial charge in [-0.25, -0.2) is 0 Å². The van der Waals surface area contributed by atoms with Crippen LogP contribution >= 0.6 is 15.9 Å². The zero-order valence-corrected chi connectivity index (χ0v) is 15.6. The molecule has 0 aliphatic carbocycles. The van der Waals surface area contributed by atoms with Crippen molar-refractivity contribution >= 4 is 38.8 Å². The smallest absolute Gasteiger partial charge is 0.270 e. The number of carbonyl (C=O) groups excluding carboxylic acids is 1. The normalized spacial score (nSPS) is 14.6. The van der Waals surface area contributed by atoms with Crippen LogP contribution in [-0.4, -0.2) is 35.4 Å². The molecule has 0 saturated carbocycles. The van der Waals surface area contributed by atoms with Gasteiger partial charge in [-0.1, -0.05) is 36.4 Å². The molecule has 0 unspecified atom stereocenters. The Morgan fingerprint density at radius 2 is 2.00 bits per heavy atom. The van der Waals surface area contributed by atoms with E-state index in [-0.39, 0.29) is 18.1 Å². The van der Waals surface area contributed by atoms with Gasteiger partial charge < -0.3 is 5.32 Å². The van der Waals surface area contributed by atoms with Crippen molar-refractivity contribution in [2.75, 3.05) is 25.0 Å². The number of nitro groups is 1. The first-order valence-electron chi connectivity index (χ1n) is 8.23. The number of benzene rings is 2. The van der Waals surface area contributed by atoms with Gasteiger partial charge in [-0.3, -0.25) is 19.8 Å². The lowest BCUT2D eigenvalue weighted by Gasteiger charge is -2.26. The van der Waals surface area contributed by atoms with Crippen LogP contribution in [0.4, 0.5) is 11.4 Å². The predicted molar refractivity (Wildman–Crippen MR) is 105 cm³/mol. The summed E-state index contributed by atoms with van der Waals surface area (Å²) in [6, 6.07) is 14.5. The van der Waals surface area contributed by atoms with Crippen molar-refractivity contribution in [3.63, 3.8) is 0 Å². The molecule has 1 aliphatic heterocycles. The minimum atomic E-state index is -0.471. The van der Waals surface area contributed by atoms with E-state index in [1.807, 2.05) is 18.2 Å². The van der Waals surface area contributed by atoms with E-state index < -0.39 is 4.92 Å². The zero-order valence-electron chi connectivity index (χ0n) is 14.0. The van der Waals surface area contributed by atoms with Crippen molar-refractivity contribution < 1.29 is 9.72 Å². The molecule has 0 bridgehead atoms. The van der Waals surface area contributed by atoms with Crippen LogP contribution in [0.25, 0.3) is 5.57 Å². The lowest BCUT2D eigenvalue weighted by Crippen LogP contribution is -2.36. The highest BCUT2D eigenvalue weighted by atomic mass is 79.9. The summed E-state index contributed by atoms with van der Waals surface area (Å²) in [5.41, 5.74) is 3.04. The largest absolute Gasteiger partial charge is 0.324 e. The Hall–Kier alpha value is -2.51. The second-order valence-corrected chi connectivity index (χ2v) is 6.90. The molecule has 2 aromatic carbocycles. The third-order valence-corrected chi connectivity index (χ3v) is 4.90. The number of hydrogen-bond donors (Lipinski definition) is 1. The highest BCUT2D eigenvalue weighted by Gasteiger charge is 2.17. The maximum atomic E-state index is 12.3. The van der Waals surface area contributed by atoms with E-state index in [9.17, 15) is 14.9 Å². The van der Waals surface area contributed by atoms with Crippen LogP contribution in [0.1, 0.15) is 12.0 Å². The molecule has 7 heteroatoms. The number of nitrogens with one attached hydrogen (secondary N) is 1. The van der Waals surface area contributed by atoms with E-state index in [1.165, 1.54) is 29.3 Å². The summed E-state index contributed by atoms with van der Waals surface area (Å²) in [7, 11) is 0. The molecule has 134 valence electrons. The molecule has 26 heavy (non-hydrogen) atoms. The molecule has 1 amide bonds. The van der Waals surface area contributed by atoms with Crippen LogP contribution in [0.3, 0.4) is 0 Å². The molecule has 0 fully saturated rings. The third-order valence-electron chi connectivity index (χ3n) is 4.24. The average molecular weight is 416 g/mol. The molecule has 3 rings (SSSR count). The topological polar surface area (TPSA) is 75.5 Å². The molecule has 2 aromatic rings. The van der Waals surface area contributed by atoms with E-state index in [0.717, 1.165) is 19.5 Å². The Balaban J connectivity index is 1.56. The number of hydrogen-bond acceptors (Lipinski definition) is 4. The molecular formula is C19H18BrN3O3. The van der Waals surface area contributed by atoms with Crippen molar-refractivity contribution in [1.82, 2.24) is 4.90 Å². The van der Waals surface area contributed by atoms with Crippen LogP contribution in [0.2, 0.25) is 0 Å². The number of rotatable bonds is 5. The second kappa shape index (κ2) is 8.25. The van der Waals surface area contributed by atoms with Crippen LogP contribution in [0.5, 0.6) is 0 Å². The highest BCUT2D eigenvalue weighted by Crippen LogP contribution is 2.27. The monoisotopic (exact) mass is 415 g/mol. The maximum absolute atomic E-state index is 12.3. The molecule has 1 heterocycles. The van der Waals surface area contributed by atoms with Gasteiger partial charge in [0, 0.05) is 29.7 Å². The first kappa shape index (κ1) is 18.3. The first-order chi connectivity index (χ1) is 12.5. The molecular weight excluding hydrogens is 398 g/mol. The summed E-state index contributed by atoms with van der Waals surface area (Å²) < 4.78 is 0.491. The zero-order chi connectivity index (χ0) is 18.5. The molecule has 6 nitrogen and oxygen atoms in total. The summed E-state index contributed by atoms with van der Waals surface area (Å²) >= 11 is 3.26. The Morgan fingerprint density at radius 3 is 2.62 bits per heavy atom. The molecule has 0 aromatic heterocycles. The molecule has 0 saturated heterocycles. The van der Waals surface area contributed by atoms with E-state index in [0.29, 0.717) is 10.2 Å². The Bertz CT molecular complexity index is 852. The van der Waals surface area contributed by atoms with Crippen molar-refractivity contribution in [3.8, 4) is 0 Å². The number of carbonyl (C=O) groups is 1. The lowest BCUT2D eigenvalue weighted by molar-refractivity contribution is -0.384. The highest BCUT2D eigenvalue weighted by molar-refractivity contribution is 9.10. The van der Waals surface area contributed by atoms with Gasteiger partial charge in [0.1, 0.15) is 0 Å².